The van der Waals surface area contributed by atoms with Crippen molar-refractivity contribution in [1.29, 1.82) is 0 Å². The number of halogens is 2. The van der Waals surface area contributed by atoms with Crippen LogP contribution in [0.25, 0.3) is 11.1 Å². The second kappa shape index (κ2) is 9.24. The van der Waals surface area contributed by atoms with Gasteiger partial charge in [0.2, 0.25) is 0 Å². The van der Waals surface area contributed by atoms with Crippen LogP contribution in [0.4, 0.5) is 26.0 Å². The van der Waals surface area contributed by atoms with Crippen LogP contribution in [0.1, 0.15) is 24.0 Å². The first-order valence-corrected chi connectivity index (χ1v) is 11.0. The first-order chi connectivity index (χ1) is 16.9. The third-order valence-electron chi connectivity index (χ3n) is 6.07. The Morgan fingerprint density at radius 3 is 2.69 bits per heavy atom. The van der Waals surface area contributed by atoms with Gasteiger partial charge >= 0.3 is 0 Å². The third kappa shape index (κ3) is 4.36. The molecule has 35 heavy (non-hydrogen) atoms. The zero-order valence-corrected chi connectivity index (χ0v) is 18.5. The molecule has 10 nitrogen and oxygen atoms in total. The molecule has 2 aliphatic heterocycles. The highest BCUT2D eigenvalue weighted by molar-refractivity contribution is 6.13. The van der Waals surface area contributed by atoms with Crippen molar-refractivity contribution in [1.82, 2.24) is 21.0 Å². The highest BCUT2D eigenvalue weighted by Crippen LogP contribution is 2.31. The number of amidine groups is 1. The smallest absolute Gasteiger partial charge is 0.274 e. The lowest BCUT2D eigenvalue weighted by atomic mass is 10.0. The molecule has 0 amide bonds. The summed E-state index contributed by atoms with van der Waals surface area (Å²) < 4.78 is 28.2. The van der Waals surface area contributed by atoms with E-state index in [0.29, 0.717) is 28.8 Å². The lowest BCUT2D eigenvalue weighted by molar-refractivity contribution is -0.385. The van der Waals surface area contributed by atoms with E-state index < -0.39 is 11.6 Å². The van der Waals surface area contributed by atoms with Crippen molar-refractivity contribution in [3.8, 4) is 11.1 Å². The largest absolute Gasteiger partial charge is 0.383 e. The number of likely N-dealkylation sites (tertiary alicyclic amines) is 1. The standard InChI is InChI=1S/C23H22F2N8O2/c24-18-4-3-5-19(21(18)25)32-23(28-29-30-32)17-10-16(12-27-22(17)26)14-6-7-15(20(11-14)33(34)35)13-31-8-1-2-9-31/h3-7,10-12,29-30H,1-2,8-9,13H2,(H2,26,27). The number of benzene rings is 2. The van der Waals surface area contributed by atoms with Gasteiger partial charge in [0, 0.05) is 29.9 Å². The van der Waals surface area contributed by atoms with E-state index in [4.69, 9.17) is 5.73 Å². The topological polar surface area (TPSA) is 125 Å². The molecule has 0 saturated carbocycles. The van der Waals surface area contributed by atoms with Gasteiger partial charge in [-0.05, 0) is 49.7 Å². The summed E-state index contributed by atoms with van der Waals surface area (Å²) in [6.45, 7) is 2.37. The SMILES string of the molecule is Nc1ncc(-c2ccc(CN3CCCC3)c([N+](=O)[O-])c2)cc1C1=NNNN1c1cccc(F)c1F. The lowest BCUT2D eigenvalue weighted by Crippen LogP contribution is -2.42. The van der Waals surface area contributed by atoms with Crippen LogP contribution in [0, 0.1) is 21.7 Å². The van der Waals surface area contributed by atoms with Crippen LogP contribution in [0.5, 0.6) is 0 Å². The quantitative estimate of drug-likeness (QED) is 0.363. The molecule has 0 aliphatic carbocycles. The normalized spacial score (nSPS) is 15.8. The van der Waals surface area contributed by atoms with Crippen LogP contribution in [0.15, 0.2) is 53.8 Å². The van der Waals surface area contributed by atoms with Crippen LogP contribution in [0.2, 0.25) is 0 Å². The van der Waals surface area contributed by atoms with Crippen molar-refractivity contribution in [2.45, 2.75) is 19.4 Å². The van der Waals surface area contributed by atoms with Crippen LogP contribution in [0.3, 0.4) is 0 Å². The number of hydrazone groups is 1. The summed E-state index contributed by atoms with van der Waals surface area (Å²) in [6.07, 6.45) is 3.69. The number of hydrogen-bond acceptors (Lipinski definition) is 9. The number of hydrogen-bond donors (Lipinski definition) is 3. The van der Waals surface area contributed by atoms with Gasteiger partial charge in [-0.25, -0.2) is 24.3 Å². The van der Waals surface area contributed by atoms with Gasteiger partial charge in [0.15, 0.2) is 17.5 Å². The molecule has 0 radical (unpaired) electrons. The van der Waals surface area contributed by atoms with Gasteiger partial charge in [-0.15, -0.1) is 10.6 Å². The molecule has 4 N–H and O–H groups in total. The van der Waals surface area contributed by atoms with Crippen LogP contribution >= 0.6 is 0 Å². The molecule has 1 aromatic heterocycles. The van der Waals surface area contributed by atoms with E-state index in [0.717, 1.165) is 32.0 Å². The van der Waals surface area contributed by atoms with E-state index in [9.17, 15) is 18.9 Å². The number of aromatic nitrogens is 1. The monoisotopic (exact) mass is 480 g/mol. The van der Waals surface area contributed by atoms with Crippen molar-refractivity contribution in [2.24, 2.45) is 5.10 Å². The molecule has 0 unspecified atom stereocenters. The van der Waals surface area contributed by atoms with Crippen LogP contribution in [-0.4, -0.2) is 33.7 Å². The second-order valence-corrected chi connectivity index (χ2v) is 8.31. The minimum Gasteiger partial charge on any atom is -0.383 e. The van der Waals surface area contributed by atoms with Crippen LogP contribution in [-0.2, 0) is 6.54 Å². The predicted octanol–water partition coefficient (Wildman–Crippen LogP) is 3.30. The third-order valence-corrected chi connectivity index (χ3v) is 6.07. The molecule has 2 aliphatic rings. The number of nitrogens with zero attached hydrogens (tertiary/aromatic N) is 5. The molecule has 1 fully saturated rings. The first kappa shape index (κ1) is 22.6. The van der Waals surface area contributed by atoms with E-state index >= 15 is 0 Å². The number of rotatable bonds is 6. The number of pyridine rings is 1. The fourth-order valence-corrected chi connectivity index (χ4v) is 4.29. The van der Waals surface area contributed by atoms with Crippen molar-refractivity contribution < 1.29 is 13.7 Å². The van der Waals surface area contributed by atoms with Crippen molar-refractivity contribution in [3.05, 3.63) is 81.5 Å². The highest BCUT2D eigenvalue weighted by Gasteiger charge is 2.27. The summed E-state index contributed by atoms with van der Waals surface area (Å²) in [6, 6.07) is 10.5. The van der Waals surface area contributed by atoms with E-state index in [1.807, 2.05) is 0 Å². The van der Waals surface area contributed by atoms with Crippen molar-refractivity contribution in [2.75, 3.05) is 23.8 Å². The Kier molecular flexibility index (Phi) is 5.97. The Balaban J connectivity index is 1.50. The summed E-state index contributed by atoms with van der Waals surface area (Å²) >= 11 is 0. The minimum atomic E-state index is -1.07. The first-order valence-electron chi connectivity index (χ1n) is 11.0. The zero-order chi connectivity index (χ0) is 24.5. The molecule has 2 aromatic carbocycles. The molecule has 12 heteroatoms. The summed E-state index contributed by atoms with van der Waals surface area (Å²) in [4.78, 5) is 17.8. The van der Waals surface area contributed by atoms with Crippen molar-refractivity contribution >= 4 is 23.0 Å². The maximum absolute atomic E-state index is 14.4. The van der Waals surface area contributed by atoms with Gasteiger partial charge in [0.25, 0.3) is 5.69 Å². The number of nitrogens with one attached hydrogen (secondary N) is 2. The summed E-state index contributed by atoms with van der Waals surface area (Å²) in [5.41, 5.74) is 13.3. The molecule has 3 heterocycles. The van der Waals surface area contributed by atoms with E-state index in [-0.39, 0.29) is 28.0 Å². The van der Waals surface area contributed by atoms with Gasteiger partial charge in [0.1, 0.15) is 11.5 Å². The fraction of sp³-hybridized carbons (Fsp3) is 0.217. The Bertz CT molecular complexity index is 1330. The van der Waals surface area contributed by atoms with Gasteiger partial charge in [-0.3, -0.25) is 15.0 Å². The Morgan fingerprint density at radius 1 is 1.11 bits per heavy atom. The molecule has 0 bridgehead atoms. The number of nitrogen functional groups attached to an aromatic ring is 1. The number of nitro benzene ring substituents is 1. The van der Waals surface area contributed by atoms with E-state index in [1.165, 1.54) is 29.4 Å². The minimum absolute atomic E-state index is 0.0257. The van der Waals surface area contributed by atoms with E-state index in [1.54, 1.807) is 18.2 Å². The summed E-state index contributed by atoms with van der Waals surface area (Å²) in [5.74, 6) is -1.83. The second-order valence-electron chi connectivity index (χ2n) is 8.31. The van der Waals surface area contributed by atoms with Gasteiger partial charge in [-0.1, -0.05) is 18.2 Å². The number of nitro groups is 1. The predicted molar refractivity (Wildman–Crippen MR) is 127 cm³/mol. The molecular formula is C23H22F2N8O2. The molecule has 0 spiro atoms. The Labute approximate surface area is 199 Å². The molecular weight excluding hydrogens is 458 g/mol. The summed E-state index contributed by atoms with van der Waals surface area (Å²) in [5, 5.41) is 17.1. The van der Waals surface area contributed by atoms with Gasteiger partial charge < -0.3 is 5.73 Å². The van der Waals surface area contributed by atoms with Gasteiger partial charge in [0.05, 0.1) is 10.5 Å². The average molecular weight is 480 g/mol. The fourth-order valence-electron chi connectivity index (χ4n) is 4.29. The van der Waals surface area contributed by atoms with Crippen LogP contribution < -0.4 is 21.8 Å². The molecule has 1 saturated heterocycles. The van der Waals surface area contributed by atoms with Gasteiger partial charge in [-0.2, -0.15) is 0 Å². The van der Waals surface area contributed by atoms with Crippen molar-refractivity contribution in [3.63, 3.8) is 0 Å². The maximum Gasteiger partial charge on any atom is 0.274 e. The molecule has 0 atom stereocenters. The maximum atomic E-state index is 14.4. The summed E-state index contributed by atoms with van der Waals surface area (Å²) in [7, 11) is 0. The average Bonchev–Trinajstić information content (AvgIpc) is 3.54. The molecule has 3 aromatic rings. The highest BCUT2D eigenvalue weighted by atomic mass is 19.2. The number of anilines is 2. The number of nitrogens with two attached hydrogens (primary N) is 1. The Hall–Kier alpha value is -4.16. The zero-order valence-electron chi connectivity index (χ0n) is 18.5. The molecule has 180 valence electrons. The lowest BCUT2D eigenvalue weighted by Gasteiger charge is -2.20. The Morgan fingerprint density at radius 2 is 1.91 bits per heavy atom. The van der Waals surface area contributed by atoms with E-state index in [2.05, 4.69) is 26.1 Å². The molecule has 5 rings (SSSR count). The number of hydrazine groups is 2.